The lowest BCUT2D eigenvalue weighted by Gasteiger charge is -2.29. The summed E-state index contributed by atoms with van der Waals surface area (Å²) in [5, 5.41) is 7.46. The summed E-state index contributed by atoms with van der Waals surface area (Å²) in [6.07, 6.45) is 4.55. The van der Waals surface area contributed by atoms with E-state index in [1.54, 1.807) is 18.2 Å². The molecule has 1 saturated carbocycles. The number of carbonyl (C=O) groups is 1. The molecule has 1 aromatic heterocycles. The van der Waals surface area contributed by atoms with Crippen molar-refractivity contribution in [2.75, 3.05) is 29.6 Å². The second-order valence-corrected chi connectivity index (χ2v) is 8.70. The molecule has 1 heterocycles. The highest BCUT2D eigenvalue weighted by atomic mass is 35.5. The number of benzene rings is 1. The number of anilines is 3. The van der Waals surface area contributed by atoms with Crippen LogP contribution in [0.3, 0.4) is 0 Å². The number of carbonyl (C=O) groups excluding carboxylic acids is 1. The van der Waals surface area contributed by atoms with Crippen LogP contribution in [0.2, 0.25) is 10.0 Å². The molecular weight excluding hydrogens is 409 g/mol. The van der Waals surface area contributed by atoms with Gasteiger partial charge >= 0.3 is 0 Å². The Morgan fingerprint density at radius 3 is 2.34 bits per heavy atom. The van der Waals surface area contributed by atoms with Crippen molar-refractivity contribution in [1.82, 2.24) is 9.97 Å². The highest BCUT2D eigenvalue weighted by Crippen LogP contribution is 2.30. The number of nitrogens with one attached hydrogen (secondary N) is 2. The van der Waals surface area contributed by atoms with E-state index in [1.807, 2.05) is 32.0 Å². The van der Waals surface area contributed by atoms with Gasteiger partial charge < -0.3 is 15.5 Å². The third-order valence-corrected chi connectivity index (χ3v) is 5.54. The molecular formula is C21H27Cl2N5O. The van der Waals surface area contributed by atoms with Gasteiger partial charge in [-0.2, -0.15) is 0 Å². The van der Waals surface area contributed by atoms with Crippen LogP contribution < -0.4 is 15.5 Å². The first-order valence-electron chi connectivity index (χ1n) is 9.84. The van der Waals surface area contributed by atoms with Crippen molar-refractivity contribution in [3.63, 3.8) is 0 Å². The predicted octanol–water partition coefficient (Wildman–Crippen LogP) is 5.16. The third-order valence-electron chi connectivity index (χ3n) is 5.10. The van der Waals surface area contributed by atoms with Crippen LogP contribution in [0, 0.1) is 12.8 Å². The lowest BCUT2D eigenvalue weighted by molar-refractivity contribution is -0.117. The zero-order valence-corrected chi connectivity index (χ0v) is 18.5. The number of hydrogen-bond acceptors (Lipinski definition) is 5. The van der Waals surface area contributed by atoms with Gasteiger partial charge in [0.25, 0.3) is 0 Å². The van der Waals surface area contributed by atoms with E-state index in [9.17, 15) is 4.79 Å². The normalized spacial score (nSPS) is 18.9. The fourth-order valence-electron chi connectivity index (χ4n) is 3.68. The molecule has 0 bridgehead atoms. The summed E-state index contributed by atoms with van der Waals surface area (Å²) in [5.41, 5.74) is 0.638. The molecule has 0 radical (unpaired) electrons. The molecule has 1 aliphatic carbocycles. The van der Waals surface area contributed by atoms with E-state index < -0.39 is 0 Å². The van der Waals surface area contributed by atoms with Crippen molar-refractivity contribution in [2.24, 2.45) is 5.92 Å². The third kappa shape index (κ3) is 6.47. The minimum Gasteiger partial charge on any atom is -0.367 e. The van der Waals surface area contributed by atoms with Gasteiger partial charge in [0.05, 0.1) is 0 Å². The maximum absolute atomic E-state index is 12.4. The van der Waals surface area contributed by atoms with Crippen LogP contribution in [-0.4, -0.2) is 36.0 Å². The van der Waals surface area contributed by atoms with Crippen molar-refractivity contribution >= 4 is 46.4 Å². The van der Waals surface area contributed by atoms with Gasteiger partial charge in [-0.3, -0.25) is 4.79 Å². The molecule has 0 saturated heterocycles. The molecule has 2 N–H and O–H groups in total. The Labute approximate surface area is 182 Å². The van der Waals surface area contributed by atoms with Crippen molar-refractivity contribution in [1.29, 1.82) is 0 Å². The van der Waals surface area contributed by atoms with E-state index >= 15 is 0 Å². The van der Waals surface area contributed by atoms with Crippen LogP contribution in [0.1, 0.15) is 37.9 Å². The maximum Gasteiger partial charge on any atom is 0.224 e. The molecule has 6 nitrogen and oxygen atoms in total. The quantitative estimate of drug-likeness (QED) is 0.655. The maximum atomic E-state index is 12.4. The highest BCUT2D eigenvalue weighted by molar-refractivity contribution is 6.35. The first-order chi connectivity index (χ1) is 13.8. The average Bonchev–Trinajstić information content (AvgIpc) is 2.62. The minimum atomic E-state index is 0.00166. The summed E-state index contributed by atoms with van der Waals surface area (Å²) in [6, 6.07) is 7.40. The second kappa shape index (κ2) is 9.63. The number of rotatable bonds is 6. The Kier molecular flexibility index (Phi) is 7.19. The first-order valence-corrected chi connectivity index (χ1v) is 10.6. The van der Waals surface area contributed by atoms with Crippen molar-refractivity contribution in [2.45, 2.75) is 45.1 Å². The van der Waals surface area contributed by atoms with E-state index in [1.165, 1.54) is 0 Å². The molecule has 1 amide bonds. The summed E-state index contributed by atoms with van der Waals surface area (Å²) in [6.45, 7) is 1.90. The van der Waals surface area contributed by atoms with Gasteiger partial charge in [-0.1, -0.05) is 23.2 Å². The number of hydrogen-bond donors (Lipinski definition) is 2. The smallest absolute Gasteiger partial charge is 0.224 e. The lowest BCUT2D eigenvalue weighted by Crippen LogP contribution is -2.28. The lowest BCUT2D eigenvalue weighted by atomic mass is 9.84. The number of amides is 1. The first kappa shape index (κ1) is 21.7. The molecule has 1 fully saturated rings. The van der Waals surface area contributed by atoms with Gasteiger partial charge in [-0.05, 0) is 56.7 Å². The molecule has 0 atom stereocenters. The summed E-state index contributed by atoms with van der Waals surface area (Å²) in [5.74, 6) is 2.89. The van der Waals surface area contributed by atoms with Crippen molar-refractivity contribution in [3.8, 4) is 0 Å². The van der Waals surface area contributed by atoms with Crippen LogP contribution in [-0.2, 0) is 4.79 Å². The minimum absolute atomic E-state index is 0.00166. The topological polar surface area (TPSA) is 70.2 Å². The fourth-order valence-corrected chi connectivity index (χ4v) is 4.20. The van der Waals surface area contributed by atoms with Crippen molar-refractivity contribution in [3.05, 3.63) is 40.1 Å². The number of aromatic nitrogens is 2. The highest BCUT2D eigenvalue weighted by Gasteiger charge is 2.23. The van der Waals surface area contributed by atoms with E-state index in [0.717, 1.165) is 43.1 Å². The molecule has 0 unspecified atom stereocenters. The van der Waals surface area contributed by atoms with Crippen LogP contribution in [0.4, 0.5) is 17.3 Å². The van der Waals surface area contributed by atoms with Gasteiger partial charge in [0.2, 0.25) is 5.91 Å². The van der Waals surface area contributed by atoms with Gasteiger partial charge in [0, 0.05) is 48.4 Å². The zero-order chi connectivity index (χ0) is 21.0. The summed E-state index contributed by atoms with van der Waals surface area (Å²) in [4.78, 5) is 23.3. The number of halogens is 2. The molecule has 1 aromatic carbocycles. The van der Waals surface area contributed by atoms with E-state index in [4.69, 9.17) is 23.2 Å². The Hall–Kier alpha value is -2.05. The largest absolute Gasteiger partial charge is 0.367 e. The average molecular weight is 436 g/mol. The monoisotopic (exact) mass is 435 g/mol. The van der Waals surface area contributed by atoms with Gasteiger partial charge in [0.1, 0.15) is 17.5 Å². The summed E-state index contributed by atoms with van der Waals surface area (Å²) in [7, 11) is 3.94. The molecule has 0 aliphatic heterocycles. The molecule has 2 aromatic rings. The Morgan fingerprint density at radius 2 is 1.72 bits per heavy atom. The fraction of sp³-hybridized carbons (Fsp3) is 0.476. The second-order valence-electron chi connectivity index (χ2n) is 7.83. The zero-order valence-electron chi connectivity index (χ0n) is 17.0. The number of nitrogens with zero attached hydrogens (tertiary/aromatic N) is 3. The summed E-state index contributed by atoms with van der Waals surface area (Å²) >= 11 is 12.0. The van der Waals surface area contributed by atoms with E-state index in [-0.39, 0.29) is 5.91 Å². The van der Waals surface area contributed by atoms with Gasteiger partial charge in [-0.15, -0.1) is 0 Å². The molecule has 3 rings (SSSR count). The molecule has 8 heteroatoms. The Bertz CT molecular complexity index is 846. The molecule has 1 aliphatic rings. The molecule has 0 spiro atoms. The Morgan fingerprint density at radius 1 is 1.07 bits per heavy atom. The SMILES string of the molecule is Cc1nc(NC2CCC(CC(=O)Nc3cc(Cl)cc(Cl)c3)CC2)cc(N(C)C)n1. The van der Waals surface area contributed by atoms with Crippen molar-refractivity contribution < 1.29 is 4.79 Å². The van der Waals surface area contributed by atoms with Crippen LogP contribution in [0.25, 0.3) is 0 Å². The van der Waals surface area contributed by atoms with Gasteiger partial charge in [0.15, 0.2) is 0 Å². The molecule has 156 valence electrons. The summed E-state index contributed by atoms with van der Waals surface area (Å²) < 4.78 is 0. The van der Waals surface area contributed by atoms with Crippen LogP contribution >= 0.6 is 23.2 Å². The predicted molar refractivity (Wildman–Crippen MR) is 120 cm³/mol. The van der Waals surface area contributed by atoms with Gasteiger partial charge in [-0.25, -0.2) is 9.97 Å². The van der Waals surface area contributed by atoms with E-state index in [0.29, 0.717) is 34.1 Å². The molecule has 29 heavy (non-hydrogen) atoms. The van der Waals surface area contributed by atoms with Crippen LogP contribution in [0.15, 0.2) is 24.3 Å². The van der Waals surface area contributed by atoms with E-state index in [2.05, 4.69) is 20.6 Å². The number of aryl methyl sites for hydroxylation is 1. The standard InChI is InChI=1S/C21H27Cl2N5O/c1-13-24-19(12-20(25-13)28(2)3)26-17-6-4-14(5-7-17)8-21(29)27-18-10-15(22)9-16(23)11-18/h9-12,14,17H,4-8H2,1-3H3,(H,27,29)(H,24,25,26). The Balaban J connectivity index is 1.48. The van der Waals surface area contributed by atoms with Crippen LogP contribution in [0.5, 0.6) is 0 Å².